The standard InChI is InChI=1S/C24H34N4O3/c1-18(26-16-11-19(12-17-26)24(31)27-13-3-2-4-14-27)23(30)25-20-7-9-21(10-8-20)28-15-5-6-22(28)29/h7-10,18-19H,2-6,11-17H2,1H3,(H,25,30). The quantitative estimate of drug-likeness (QED) is 0.786. The van der Waals surface area contributed by atoms with Gasteiger partial charge < -0.3 is 15.1 Å². The predicted octanol–water partition coefficient (Wildman–Crippen LogP) is 2.86. The first kappa shape index (κ1) is 21.8. The minimum atomic E-state index is -0.245. The Hall–Kier alpha value is -2.41. The van der Waals surface area contributed by atoms with Gasteiger partial charge in [-0.2, -0.15) is 0 Å². The molecule has 1 unspecified atom stereocenters. The van der Waals surface area contributed by atoms with E-state index in [2.05, 4.69) is 10.2 Å². The number of nitrogens with one attached hydrogen (secondary N) is 1. The Morgan fingerprint density at radius 1 is 0.935 bits per heavy atom. The van der Waals surface area contributed by atoms with Crippen LogP contribution in [0.25, 0.3) is 0 Å². The zero-order valence-corrected chi connectivity index (χ0v) is 18.5. The maximum absolute atomic E-state index is 12.8. The Morgan fingerprint density at radius 2 is 1.61 bits per heavy atom. The number of rotatable bonds is 5. The van der Waals surface area contributed by atoms with E-state index in [4.69, 9.17) is 0 Å². The lowest BCUT2D eigenvalue weighted by Crippen LogP contribution is -2.49. The third-order valence-corrected chi connectivity index (χ3v) is 6.99. The number of benzene rings is 1. The smallest absolute Gasteiger partial charge is 0.241 e. The van der Waals surface area contributed by atoms with E-state index in [1.54, 1.807) is 4.90 Å². The van der Waals surface area contributed by atoms with Crippen molar-refractivity contribution in [3.05, 3.63) is 24.3 Å². The molecule has 0 bridgehead atoms. The number of amides is 3. The summed E-state index contributed by atoms with van der Waals surface area (Å²) in [6.07, 6.45) is 6.63. The minimum absolute atomic E-state index is 0.0363. The van der Waals surface area contributed by atoms with Crippen LogP contribution in [0.2, 0.25) is 0 Å². The van der Waals surface area contributed by atoms with E-state index >= 15 is 0 Å². The Labute approximate surface area is 184 Å². The maximum Gasteiger partial charge on any atom is 0.241 e. The molecule has 1 N–H and O–H groups in total. The highest BCUT2D eigenvalue weighted by Gasteiger charge is 2.32. The zero-order chi connectivity index (χ0) is 21.8. The van der Waals surface area contributed by atoms with Gasteiger partial charge in [-0.05, 0) is 82.8 Å². The summed E-state index contributed by atoms with van der Waals surface area (Å²) in [5.41, 5.74) is 1.62. The van der Waals surface area contributed by atoms with Crippen LogP contribution in [0.1, 0.15) is 51.9 Å². The Bertz CT molecular complexity index is 796. The Morgan fingerprint density at radius 3 is 2.23 bits per heavy atom. The van der Waals surface area contributed by atoms with Crippen LogP contribution in [0.15, 0.2) is 24.3 Å². The van der Waals surface area contributed by atoms with Gasteiger partial charge in [0.05, 0.1) is 6.04 Å². The monoisotopic (exact) mass is 426 g/mol. The first-order chi connectivity index (χ1) is 15.0. The molecule has 3 saturated heterocycles. The molecule has 0 aromatic heterocycles. The minimum Gasteiger partial charge on any atom is -0.342 e. The molecule has 3 heterocycles. The van der Waals surface area contributed by atoms with Gasteiger partial charge in [-0.25, -0.2) is 0 Å². The second-order valence-electron chi connectivity index (χ2n) is 9.06. The molecule has 0 spiro atoms. The highest BCUT2D eigenvalue weighted by Crippen LogP contribution is 2.25. The number of hydrogen-bond acceptors (Lipinski definition) is 4. The van der Waals surface area contributed by atoms with Crippen molar-refractivity contribution < 1.29 is 14.4 Å². The van der Waals surface area contributed by atoms with Gasteiger partial charge in [0.25, 0.3) is 0 Å². The van der Waals surface area contributed by atoms with Crippen LogP contribution >= 0.6 is 0 Å². The van der Waals surface area contributed by atoms with Gasteiger partial charge in [0, 0.05) is 43.3 Å². The topological polar surface area (TPSA) is 73.0 Å². The van der Waals surface area contributed by atoms with Crippen molar-refractivity contribution in [2.75, 3.05) is 42.9 Å². The molecule has 3 aliphatic heterocycles. The number of anilines is 2. The zero-order valence-electron chi connectivity index (χ0n) is 18.5. The van der Waals surface area contributed by atoms with E-state index in [0.29, 0.717) is 12.3 Å². The largest absolute Gasteiger partial charge is 0.342 e. The molecule has 4 rings (SSSR count). The lowest BCUT2D eigenvalue weighted by Gasteiger charge is -2.37. The average molecular weight is 427 g/mol. The second kappa shape index (κ2) is 9.81. The molecular formula is C24H34N4O3. The van der Waals surface area contributed by atoms with E-state index < -0.39 is 0 Å². The highest BCUT2D eigenvalue weighted by atomic mass is 16.2. The van der Waals surface area contributed by atoms with Gasteiger partial charge in [0.2, 0.25) is 17.7 Å². The van der Waals surface area contributed by atoms with Crippen molar-refractivity contribution in [1.82, 2.24) is 9.80 Å². The van der Waals surface area contributed by atoms with Crippen molar-refractivity contribution in [2.45, 2.75) is 57.9 Å². The maximum atomic E-state index is 12.8. The van der Waals surface area contributed by atoms with Gasteiger partial charge in [0.15, 0.2) is 0 Å². The van der Waals surface area contributed by atoms with Gasteiger partial charge in [-0.15, -0.1) is 0 Å². The van der Waals surface area contributed by atoms with Crippen LogP contribution in [0.5, 0.6) is 0 Å². The number of carbonyl (C=O) groups excluding carboxylic acids is 3. The molecule has 31 heavy (non-hydrogen) atoms. The SMILES string of the molecule is CC(C(=O)Nc1ccc(N2CCCC2=O)cc1)N1CCC(C(=O)N2CCCCC2)CC1. The summed E-state index contributed by atoms with van der Waals surface area (Å²) in [5, 5.41) is 2.99. The van der Waals surface area contributed by atoms with E-state index in [9.17, 15) is 14.4 Å². The van der Waals surface area contributed by atoms with Gasteiger partial charge >= 0.3 is 0 Å². The Balaban J connectivity index is 1.26. The number of nitrogens with zero attached hydrogens (tertiary/aromatic N) is 3. The molecule has 0 radical (unpaired) electrons. The Kier molecular flexibility index (Phi) is 6.90. The van der Waals surface area contributed by atoms with Crippen LogP contribution in [-0.2, 0) is 14.4 Å². The molecule has 3 amide bonds. The first-order valence-electron chi connectivity index (χ1n) is 11.8. The van der Waals surface area contributed by atoms with Crippen molar-refractivity contribution >= 4 is 29.1 Å². The van der Waals surface area contributed by atoms with Crippen molar-refractivity contribution in [3.8, 4) is 0 Å². The molecule has 3 aliphatic rings. The number of carbonyl (C=O) groups is 3. The second-order valence-corrected chi connectivity index (χ2v) is 9.06. The third kappa shape index (κ3) is 5.09. The lowest BCUT2D eigenvalue weighted by molar-refractivity contribution is -0.138. The van der Waals surface area contributed by atoms with E-state index in [1.807, 2.05) is 36.1 Å². The molecule has 1 aromatic rings. The molecule has 0 aliphatic carbocycles. The lowest BCUT2D eigenvalue weighted by atomic mass is 9.93. The summed E-state index contributed by atoms with van der Waals surface area (Å²) in [4.78, 5) is 43.4. The summed E-state index contributed by atoms with van der Waals surface area (Å²) in [6, 6.07) is 7.25. The highest BCUT2D eigenvalue weighted by molar-refractivity contribution is 5.97. The first-order valence-corrected chi connectivity index (χ1v) is 11.8. The molecule has 1 aromatic carbocycles. The number of likely N-dealkylation sites (tertiary alicyclic amines) is 2. The van der Waals surface area contributed by atoms with Crippen LogP contribution in [0.4, 0.5) is 11.4 Å². The van der Waals surface area contributed by atoms with Crippen LogP contribution in [0, 0.1) is 5.92 Å². The predicted molar refractivity (Wildman–Crippen MR) is 121 cm³/mol. The molecule has 7 nitrogen and oxygen atoms in total. The van der Waals surface area contributed by atoms with E-state index in [1.165, 1.54) is 6.42 Å². The molecular weight excluding hydrogens is 392 g/mol. The number of piperidine rings is 2. The van der Waals surface area contributed by atoms with Crippen molar-refractivity contribution in [1.29, 1.82) is 0 Å². The third-order valence-electron chi connectivity index (χ3n) is 6.99. The normalized spacial score (nSPS) is 21.9. The molecule has 0 saturated carbocycles. The average Bonchev–Trinajstić information content (AvgIpc) is 3.25. The summed E-state index contributed by atoms with van der Waals surface area (Å²) in [7, 11) is 0. The van der Waals surface area contributed by atoms with Crippen molar-refractivity contribution in [3.63, 3.8) is 0 Å². The molecule has 1 atom stereocenters. The summed E-state index contributed by atoms with van der Waals surface area (Å²) >= 11 is 0. The summed E-state index contributed by atoms with van der Waals surface area (Å²) in [5.74, 6) is 0.539. The number of hydrogen-bond donors (Lipinski definition) is 1. The van der Waals surface area contributed by atoms with E-state index in [-0.39, 0.29) is 23.8 Å². The van der Waals surface area contributed by atoms with Gasteiger partial charge in [-0.1, -0.05) is 0 Å². The fourth-order valence-electron chi connectivity index (χ4n) is 4.96. The summed E-state index contributed by atoms with van der Waals surface area (Å²) < 4.78 is 0. The van der Waals surface area contributed by atoms with E-state index in [0.717, 1.165) is 76.2 Å². The molecule has 168 valence electrons. The van der Waals surface area contributed by atoms with Gasteiger partial charge in [-0.3, -0.25) is 19.3 Å². The fraction of sp³-hybridized carbons (Fsp3) is 0.625. The molecule has 7 heteroatoms. The van der Waals surface area contributed by atoms with Crippen LogP contribution in [0.3, 0.4) is 0 Å². The van der Waals surface area contributed by atoms with Crippen LogP contribution in [-0.4, -0.2) is 66.3 Å². The summed E-state index contributed by atoms with van der Waals surface area (Å²) in [6.45, 7) is 6.05. The van der Waals surface area contributed by atoms with Crippen molar-refractivity contribution in [2.24, 2.45) is 5.92 Å². The van der Waals surface area contributed by atoms with Gasteiger partial charge in [0.1, 0.15) is 0 Å². The fourth-order valence-corrected chi connectivity index (χ4v) is 4.96. The molecule has 3 fully saturated rings. The van der Waals surface area contributed by atoms with Crippen LogP contribution < -0.4 is 10.2 Å².